The Balaban J connectivity index is 1.63. The highest BCUT2D eigenvalue weighted by atomic mass is 32.1. The van der Waals surface area contributed by atoms with Crippen molar-refractivity contribution in [1.29, 1.82) is 0 Å². The first kappa shape index (κ1) is 15.1. The lowest BCUT2D eigenvalue weighted by atomic mass is 9.86. The minimum Gasteiger partial charge on any atom is -0.337 e. The van der Waals surface area contributed by atoms with Crippen molar-refractivity contribution < 1.29 is 4.79 Å². The van der Waals surface area contributed by atoms with Gasteiger partial charge in [0.05, 0.1) is 12.6 Å². The van der Waals surface area contributed by atoms with Crippen molar-refractivity contribution in [3.63, 3.8) is 0 Å². The predicted molar refractivity (Wildman–Crippen MR) is 94.9 cm³/mol. The van der Waals surface area contributed by atoms with Gasteiger partial charge in [0, 0.05) is 32.3 Å². The Kier molecular flexibility index (Phi) is 3.94. The SMILES string of the molecule is Cn1cc([C@H]2CN(C(=O)Cc3ccsc3)Cc3ccccc32)cn1. The summed E-state index contributed by atoms with van der Waals surface area (Å²) in [5.74, 6) is 0.381. The first-order valence-corrected chi connectivity index (χ1v) is 9.00. The van der Waals surface area contributed by atoms with Gasteiger partial charge in [-0.25, -0.2) is 0 Å². The molecule has 0 fully saturated rings. The van der Waals surface area contributed by atoms with Gasteiger partial charge in [0.15, 0.2) is 0 Å². The molecule has 1 amide bonds. The first-order valence-electron chi connectivity index (χ1n) is 8.06. The lowest BCUT2D eigenvalue weighted by Crippen LogP contribution is -2.39. The van der Waals surface area contributed by atoms with Crippen LogP contribution in [0.1, 0.15) is 28.2 Å². The van der Waals surface area contributed by atoms with E-state index in [1.165, 1.54) is 11.1 Å². The summed E-state index contributed by atoms with van der Waals surface area (Å²) >= 11 is 1.64. The molecule has 3 heterocycles. The zero-order valence-corrected chi connectivity index (χ0v) is 14.4. The van der Waals surface area contributed by atoms with Crippen LogP contribution >= 0.6 is 11.3 Å². The van der Waals surface area contributed by atoms with Gasteiger partial charge in [-0.1, -0.05) is 24.3 Å². The van der Waals surface area contributed by atoms with E-state index >= 15 is 0 Å². The molecule has 2 aromatic heterocycles. The van der Waals surface area contributed by atoms with Crippen LogP contribution in [0.15, 0.2) is 53.5 Å². The van der Waals surface area contributed by atoms with Crippen LogP contribution in [0.5, 0.6) is 0 Å². The van der Waals surface area contributed by atoms with Crippen molar-refractivity contribution in [2.24, 2.45) is 7.05 Å². The summed E-state index contributed by atoms with van der Waals surface area (Å²) in [5, 5.41) is 8.38. The number of carbonyl (C=O) groups excluding carboxylic acids is 1. The Morgan fingerprint density at radius 1 is 1.33 bits per heavy atom. The van der Waals surface area contributed by atoms with Gasteiger partial charge < -0.3 is 4.90 Å². The van der Waals surface area contributed by atoms with Crippen molar-refractivity contribution in [2.75, 3.05) is 6.54 Å². The molecule has 0 aliphatic carbocycles. The molecule has 4 nitrogen and oxygen atoms in total. The fourth-order valence-electron chi connectivity index (χ4n) is 3.38. The third-order valence-electron chi connectivity index (χ3n) is 4.61. The van der Waals surface area contributed by atoms with Crippen LogP contribution in [-0.4, -0.2) is 27.1 Å². The van der Waals surface area contributed by atoms with Gasteiger partial charge in [0.1, 0.15) is 0 Å². The van der Waals surface area contributed by atoms with Crippen molar-refractivity contribution in [2.45, 2.75) is 18.9 Å². The van der Waals surface area contributed by atoms with E-state index in [0.717, 1.165) is 11.1 Å². The van der Waals surface area contributed by atoms with Crippen molar-refractivity contribution in [1.82, 2.24) is 14.7 Å². The highest BCUT2D eigenvalue weighted by Gasteiger charge is 2.29. The molecule has 0 N–H and O–H groups in total. The largest absolute Gasteiger partial charge is 0.337 e. The van der Waals surface area contributed by atoms with E-state index < -0.39 is 0 Å². The summed E-state index contributed by atoms with van der Waals surface area (Å²) in [7, 11) is 1.93. The maximum absolute atomic E-state index is 12.8. The number of rotatable bonds is 3. The number of benzene rings is 1. The monoisotopic (exact) mass is 337 g/mol. The number of carbonyl (C=O) groups is 1. The van der Waals surface area contributed by atoms with Crippen molar-refractivity contribution >= 4 is 17.2 Å². The average Bonchev–Trinajstić information content (AvgIpc) is 3.25. The van der Waals surface area contributed by atoms with Crippen LogP contribution in [0.3, 0.4) is 0 Å². The van der Waals surface area contributed by atoms with Gasteiger partial charge in [-0.2, -0.15) is 16.4 Å². The molecule has 0 saturated carbocycles. The topological polar surface area (TPSA) is 38.1 Å². The fourth-order valence-corrected chi connectivity index (χ4v) is 4.05. The second-order valence-electron chi connectivity index (χ2n) is 6.28. The van der Waals surface area contributed by atoms with Crippen molar-refractivity contribution in [3.8, 4) is 0 Å². The van der Waals surface area contributed by atoms with E-state index in [4.69, 9.17) is 0 Å². The highest BCUT2D eigenvalue weighted by molar-refractivity contribution is 7.08. The van der Waals surface area contributed by atoms with Gasteiger partial charge in [-0.15, -0.1) is 0 Å². The highest BCUT2D eigenvalue weighted by Crippen LogP contribution is 2.33. The summed E-state index contributed by atoms with van der Waals surface area (Å²) in [5.41, 5.74) is 4.81. The minimum absolute atomic E-state index is 0.190. The number of hydrogen-bond donors (Lipinski definition) is 0. The third-order valence-corrected chi connectivity index (χ3v) is 5.34. The molecular formula is C19H19N3OS. The van der Waals surface area contributed by atoms with Crippen LogP contribution < -0.4 is 0 Å². The number of nitrogens with zero attached hydrogens (tertiary/aromatic N) is 3. The van der Waals surface area contributed by atoms with Gasteiger partial charge >= 0.3 is 0 Å². The minimum atomic E-state index is 0.190. The molecule has 0 spiro atoms. The van der Waals surface area contributed by atoms with E-state index in [1.807, 2.05) is 51.9 Å². The molecule has 1 aromatic carbocycles. The Labute approximate surface area is 145 Å². The van der Waals surface area contributed by atoms with Gasteiger partial charge in [-0.05, 0) is 39.1 Å². The van der Waals surface area contributed by atoms with Crippen LogP contribution in [0.4, 0.5) is 0 Å². The van der Waals surface area contributed by atoms with Crippen LogP contribution in [0, 0.1) is 0 Å². The molecule has 0 radical (unpaired) electrons. The second-order valence-corrected chi connectivity index (χ2v) is 7.06. The lowest BCUT2D eigenvalue weighted by molar-refractivity contribution is -0.131. The standard InChI is InChI=1S/C19H19N3OS/c1-21-10-16(9-20-21)18-12-22(11-15-4-2-3-5-17(15)18)19(23)8-14-6-7-24-13-14/h2-7,9-10,13,18H,8,11-12H2,1H3/t18-/m1/s1. The number of amides is 1. The maximum atomic E-state index is 12.8. The number of aromatic nitrogens is 2. The molecule has 0 unspecified atom stereocenters. The molecular weight excluding hydrogens is 318 g/mol. The second kappa shape index (κ2) is 6.24. The van der Waals surface area contributed by atoms with Crippen molar-refractivity contribution in [3.05, 3.63) is 75.7 Å². The quantitative estimate of drug-likeness (QED) is 0.736. The van der Waals surface area contributed by atoms with E-state index in [1.54, 1.807) is 11.3 Å². The van der Waals surface area contributed by atoms with Crippen LogP contribution in [0.25, 0.3) is 0 Å². The third kappa shape index (κ3) is 2.87. The smallest absolute Gasteiger partial charge is 0.227 e. The lowest BCUT2D eigenvalue weighted by Gasteiger charge is -2.34. The number of fused-ring (bicyclic) bond motifs is 1. The van der Waals surface area contributed by atoms with E-state index in [0.29, 0.717) is 19.5 Å². The van der Waals surface area contributed by atoms with Gasteiger partial charge in [0.2, 0.25) is 5.91 Å². The first-order chi connectivity index (χ1) is 11.7. The van der Waals surface area contributed by atoms with E-state index in [2.05, 4.69) is 23.3 Å². The summed E-state index contributed by atoms with van der Waals surface area (Å²) in [6, 6.07) is 10.5. The zero-order valence-electron chi connectivity index (χ0n) is 13.6. The number of hydrogen-bond acceptors (Lipinski definition) is 3. The molecule has 24 heavy (non-hydrogen) atoms. The molecule has 4 rings (SSSR count). The normalized spacial score (nSPS) is 16.9. The fraction of sp³-hybridized carbons (Fsp3) is 0.263. The molecule has 1 aliphatic heterocycles. The summed E-state index contributed by atoms with van der Waals surface area (Å²) in [4.78, 5) is 14.8. The Hall–Kier alpha value is -2.40. The molecule has 0 bridgehead atoms. The number of aryl methyl sites for hydroxylation is 1. The molecule has 1 aliphatic rings. The zero-order chi connectivity index (χ0) is 16.5. The van der Waals surface area contributed by atoms with Crippen LogP contribution in [-0.2, 0) is 24.8 Å². The predicted octanol–water partition coefficient (Wildman–Crippen LogP) is 3.20. The van der Waals surface area contributed by atoms with E-state index in [9.17, 15) is 4.79 Å². The molecule has 0 saturated heterocycles. The Bertz CT molecular complexity index is 853. The van der Waals surface area contributed by atoms with Crippen LogP contribution in [0.2, 0.25) is 0 Å². The summed E-state index contributed by atoms with van der Waals surface area (Å²) in [6.45, 7) is 1.40. The number of thiophene rings is 1. The summed E-state index contributed by atoms with van der Waals surface area (Å²) in [6.07, 6.45) is 4.44. The molecule has 1 atom stereocenters. The molecule has 3 aromatic rings. The Morgan fingerprint density at radius 3 is 2.96 bits per heavy atom. The van der Waals surface area contributed by atoms with Gasteiger partial charge in [-0.3, -0.25) is 9.48 Å². The Morgan fingerprint density at radius 2 is 2.21 bits per heavy atom. The van der Waals surface area contributed by atoms with E-state index in [-0.39, 0.29) is 11.8 Å². The summed E-state index contributed by atoms with van der Waals surface area (Å²) < 4.78 is 1.82. The van der Waals surface area contributed by atoms with Gasteiger partial charge in [0.25, 0.3) is 0 Å². The molecule has 122 valence electrons. The molecule has 5 heteroatoms. The maximum Gasteiger partial charge on any atom is 0.227 e. The average molecular weight is 337 g/mol.